The molecule has 0 spiro atoms. The number of hydroxylamine groups is 1. The van der Waals surface area contributed by atoms with E-state index >= 15 is 0 Å². The number of hydrogen-bond donors (Lipinski definition) is 2. The Balaban J connectivity index is 2.32. The highest BCUT2D eigenvalue weighted by atomic mass is 16.6. The van der Waals surface area contributed by atoms with Crippen LogP contribution in [0.5, 0.6) is 0 Å². The topological polar surface area (TPSA) is 82.9 Å². The third-order valence-electron chi connectivity index (χ3n) is 2.51. The van der Waals surface area contributed by atoms with Crippen molar-refractivity contribution in [1.29, 1.82) is 0 Å². The number of nitrogens with zero attached hydrogens (tertiary/aromatic N) is 2. The van der Waals surface area contributed by atoms with Crippen LogP contribution < -0.4 is 5.06 Å². The monoisotopic (exact) mass is 224 g/mol. The lowest BCUT2D eigenvalue weighted by molar-refractivity contribution is -0.170. The second kappa shape index (κ2) is 3.73. The summed E-state index contributed by atoms with van der Waals surface area (Å²) in [5.41, 5.74) is -1.08. The first-order valence-corrected chi connectivity index (χ1v) is 4.91. The molecule has 16 heavy (non-hydrogen) atoms. The van der Waals surface area contributed by atoms with E-state index in [1.165, 1.54) is 12.4 Å². The van der Waals surface area contributed by atoms with Crippen LogP contribution in [-0.2, 0) is 16.0 Å². The van der Waals surface area contributed by atoms with E-state index in [0.29, 0.717) is 16.3 Å². The van der Waals surface area contributed by atoms with Gasteiger partial charge in [-0.05, 0) is 18.6 Å². The third kappa shape index (κ3) is 1.43. The molecule has 6 heteroatoms. The molecule has 1 atom stereocenters. The van der Waals surface area contributed by atoms with Crippen molar-refractivity contribution >= 4 is 11.7 Å². The second-order valence-electron chi connectivity index (χ2n) is 3.53. The Kier molecular flexibility index (Phi) is 2.53. The maximum atomic E-state index is 11.6. The molecule has 0 aliphatic carbocycles. The smallest absolute Gasteiger partial charge is 0.362 e. The number of aliphatic hydroxyl groups is 1. The Labute approximate surface area is 92.0 Å². The first-order chi connectivity index (χ1) is 7.59. The number of pyridine rings is 1. The van der Waals surface area contributed by atoms with Gasteiger partial charge in [0.1, 0.15) is 0 Å². The fraction of sp³-hybridized carbons (Fsp3) is 0.400. The molecule has 0 amide bonds. The van der Waals surface area contributed by atoms with Gasteiger partial charge in [-0.3, -0.25) is 10.2 Å². The SMILES string of the molecule is CCOC(=O)C1(O)Cc2ccncc2N1O. The molecule has 0 saturated carbocycles. The highest BCUT2D eigenvalue weighted by molar-refractivity contribution is 5.85. The van der Waals surface area contributed by atoms with Crippen LogP contribution >= 0.6 is 0 Å². The van der Waals surface area contributed by atoms with Gasteiger partial charge >= 0.3 is 5.97 Å². The minimum absolute atomic E-state index is 0.0137. The highest BCUT2D eigenvalue weighted by Crippen LogP contribution is 2.35. The lowest BCUT2D eigenvalue weighted by atomic mass is 10.1. The Hall–Kier alpha value is -1.66. The Morgan fingerprint density at radius 3 is 3.12 bits per heavy atom. The molecule has 2 N–H and O–H groups in total. The van der Waals surface area contributed by atoms with Crippen molar-refractivity contribution in [1.82, 2.24) is 4.98 Å². The van der Waals surface area contributed by atoms with Gasteiger partial charge in [0.15, 0.2) is 0 Å². The summed E-state index contributed by atoms with van der Waals surface area (Å²) < 4.78 is 4.72. The van der Waals surface area contributed by atoms with Crippen LogP contribution in [0.4, 0.5) is 5.69 Å². The first kappa shape index (κ1) is 10.8. The lowest BCUT2D eigenvalue weighted by Crippen LogP contribution is -2.52. The summed E-state index contributed by atoms with van der Waals surface area (Å²) in [5, 5.41) is 20.3. The normalized spacial score (nSPS) is 23.1. The molecule has 0 bridgehead atoms. The van der Waals surface area contributed by atoms with Crippen LogP contribution in [0.1, 0.15) is 12.5 Å². The lowest BCUT2D eigenvalue weighted by Gasteiger charge is -2.27. The van der Waals surface area contributed by atoms with Crippen LogP contribution in [0, 0.1) is 0 Å². The minimum atomic E-state index is -2.04. The number of rotatable bonds is 2. The summed E-state index contributed by atoms with van der Waals surface area (Å²) >= 11 is 0. The summed E-state index contributed by atoms with van der Waals surface area (Å²) in [6, 6.07) is 1.63. The van der Waals surface area contributed by atoms with E-state index in [2.05, 4.69) is 4.98 Å². The molecular formula is C10H12N2O4. The fourth-order valence-corrected chi connectivity index (χ4v) is 1.70. The van der Waals surface area contributed by atoms with Crippen molar-refractivity contribution in [2.75, 3.05) is 11.7 Å². The molecule has 1 unspecified atom stereocenters. The zero-order valence-electron chi connectivity index (χ0n) is 8.75. The third-order valence-corrected chi connectivity index (χ3v) is 2.51. The van der Waals surface area contributed by atoms with E-state index in [9.17, 15) is 15.1 Å². The predicted octanol–water partition coefficient (Wildman–Crippen LogP) is 0.0850. The van der Waals surface area contributed by atoms with E-state index in [1.54, 1.807) is 13.0 Å². The van der Waals surface area contributed by atoms with Crippen molar-refractivity contribution in [2.24, 2.45) is 0 Å². The second-order valence-corrected chi connectivity index (χ2v) is 3.53. The van der Waals surface area contributed by atoms with Gasteiger partial charge in [-0.2, -0.15) is 0 Å². The zero-order chi connectivity index (χ0) is 11.8. The van der Waals surface area contributed by atoms with E-state index in [-0.39, 0.29) is 13.0 Å². The number of ether oxygens (including phenoxy) is 1. The van der Waals surface area contributed by atoms with E-state index < -0.39 is 11.7 Å². The quantitative estimate of drug-likeness (QED) is 0.692. The average Bonchev–Trinajstić information content (AvgIpc) is 2.54. The molecule has 6 nitrogen and oxygen atoms in total. The number of esters is 1. The molecule has 1 aliphatic rings. The number of fused-ring (bicyclic) bond motifs is 1. The van der Waals surface area contributed by atoms with Crippen LogP contribution in [0.3, 0.4) is 0 Å². The van der Waals surface area contributed by atoms with Gasteiger partial charge in [0, 0.05) is 12.6 Å². The summed E-state index contributed by atoms with van der Waals surface area (Å²) in [6.07, 6.45) is 2.90. The van der Waals surface area contributed by atoms with Crippen molar-refractivity contribution < 1.29 is 19.8 Å². The standard InChI is InChI=1S/C10H12N2O4/c1-2-16-9(13)10(14)5-7-3-4-11-6-8(7)12(10)15/h3-4,6,14-15H,2,5H2,1H3. The molecule has 1 aliphatic heterocycles. The molecule has 1 aromatic rings. The fourth-order valence-electron chi connectivity index (χ4n) is 1.70. The molecule has 2 heterocycles. The zero-order valence-corrected chi connectivity index (χ0v) is 8.75. The van der Waals surface area contributed by atoms with E-state index in [1.807, 2.05) is 0 Å². The van der Waals surface area contributed by atoms with Gasteiger partial charge in [-0.15, -0.1) is 0 Å². The Morgan fingerprint density at radius 1 is 1.75 bits per heavy atom. The predicted molar refractivity (Wildman–Crippen MR) is 53.8 cm³/mol. The van der Waals surface area contributed by atoms with Crippen LogP contribution in [0.25, 0.3) is 0 Å². The first-order valence-electron chi connectivity index (χ1n) is 4.91. The molecule has 0 radical (unpaired) electrons. The van der Waals surface area contributed by atoms with Gasteiger partial charge in [0.25, 0.3) is 5.72 Å². The maximum Gasteiger partial charge on any atom is 0.362 e. The van der Waals surface area contributed by atoms with Crippen molar-refractivity contribution in [3.05, 3.63) is 24.0 Å². The summed E-state index contributed by atoms with van der Waals surface area (Å²) in [5.74, 6) is -0.867. The van der Waals surface area contributed by atoms with Gasteiger partial charge in [-0.25, -0.2) is 9.86 Å². The Bertz CT molecular complexity index is 423. The van der Waals surface area contributed by atoms with Crippen molar-refractivity contribution in [3.63, 3.8) is 0 Å². The van der Waals surface area contributed by atoms with Crippen molar-refractivity contribution in [3.8, 4) is 0 Å². The number of hydrogen-bond acceptors (Lipinski definition) is 6. The highest BCUT2D eigenvalue weighted by Gasteiger charge is 2.50. The number of aromatic nitrogens is 1. The van der Waals surface area contributed by atoms with Gasteiger partial charge in [0.2, 0.25) is 0 Å². The number of anilines is 1. The molecule has 2 rings (SSSR count). The molecule has 0 aromatic carbocycles. The number of carbonyl (C=O) groups excluding carboxylic acids is 1. The van der Waals surface area contributed by atoms with Crippen LogP contribution in [0.2, 0.25) is 0 Å². The molecule has 86 valence electrons. The minimum Gasteiger partial charge on any atom is -0.462 e. The van der Waals surface area contributed by atoms with Gasteiger partial charge in [0.05, 0.1) is 18.5 Å². The summed E-state index contributed by atoms with van der Waals surface area (Å²) in [7, 11) is 0. The van der Waals surface area contributed by atoms with E-state index in [0.717, 1.165) is 0 Å². The molecule has 0 fully saturated rings. The molecule has 0 saturated heterocycles. The van der Waals surface area contributed by atoms with Gasteiger partial charge in [-0.1, -0.05) is 0 Å². The summed E-state index contributed by atoms with van der Waals surface area (Å²) in [4.78, 5) is 15.4. The Morgan fingerprint density at radius 2 is 2.50 bits per heavy atom. The number of carbonyl (C=O) groups is 1. The van der Waals surface area contributed by atoms with E-state index in [4.69, 9.17) is 4.74 Å². The molecule has 1 aromatic heterocycles. The van der Waals surface area contributed by atoms with Crippen LogP contribution in [-0.4, -0.2) is 33.6 Å². The van der Waals surface area contributed by atoms with Crippen LogP contribution in [0.15, 0.2) is 18.5 Å². The van der Waals surface area contributed by atoms with Gasteiger partial charge < -0.3 is 9.84 Å². The average molecular weight is 224 g/mol. The largest absolute Gasteiger partial charge is 0.462 e. The molecular weight excluding hydrogens is 212 g/mol. The summed E-state index contributed by atoms with van der Waals surface area (Å²) in [6.45, 7) is 1.77. The van der Waals surface area contributed by atoms with Crippen molar-refractivity contribution in [2.45, 2.75) is 19.1 Å². The maximum absolute atomic E-state index is 11.6.